The van der Waals surface area contributed by atoms with Crippen LogP contribution in [0.25, 0.3) is 5.95 Å². The first kappa shape index (κ1) is 42.5. The molecule has 0 aliphatic heterocycles. The van der Waals surface area contributed by atoms with Crippen LogP contribution in [0.15, 0.2) is 67.0 Å². The van der Waals surface area contributed by atoms with Gasteiger partial charge in [-0.1, -0.05) is 6.58 Å². The zero-order chi connectivity index (χ0) is 42.0. The summed E-state index contributed by atoms with van der Waals surface area (Å²) in [6.07, 6.45) is 2.43. The average Bonchev–Trinajstić information content (AvgIpc) is 3.74. The van der Waals surface area contributed by atoms with Crippen LogP contribution >= 0.6 is 0 Å². The van der Waals surface area contributed by atoms with Gasteiger partial charge in [-0.05, 0) is 69.2 Å². The maximum absolute atomic E-state index is 16.8. The summed E-state index contributed by atoms with van der Waals surface area (Å²) in [7, 11) is 2.89. The predicted octanol–water partition coefficient (Wildman–Crippen LogP) is 4.50. The van der Waals surface area contributed by atoms with E-state index in [1.54, 1.807) is 51.1 Å². The summed E-state index contributed by atoms with van der Waals surface area (Å²) in [4.78, 5) is 49.5. The molecular weight excluding hydrogens is 759 g/mol. The standard InChI is InChI=1S/C39H45FN8O10/c1-23(2)20-56-37(51)45-32(41)25-9-11-26(12-10-25)44-30-19-39(30,28-17-27(53-7)18-29(31(28)40)55-16-15-54-24(3)49)33-46-36(48(47-33)35-42-13-8-14-43-35)58-22-57-34(50)38(4,5)21-52-6/h8-14,17-18,30,44H,1,15-16,19-22H2,2-7H3,(H2,41,45,51)/t30?,39-/m1/s1. The molecule has 0 saturated heterocycles. The monoisotopic (exact) mass is 804 g/mol. The van der Waals surface area contributed by atoms with Crippen molar-refractivity contribution in [2.45, 2.75) is 45.6 Å². The first-order chi connectivity index (χ1) is 27.7. The number of amidine groups is 1. The van der Waals surface area contributed by atoms with Crippen LogP contribution in [0, 0.1) is 16.6 Å². The van der Waals surface area contributed by atoms with Crippen molar-refractivity contribution in [1.29, 1.82) is 5.41 Å². The van der Waals surface area contributed by atoms with Gasteiger partial charge >= 0.3 is 24.0 Å². The second kappa shape index (κ2) is 18.5. The number of methoxy groups -OCH3 is 2. The van der Waals surface area contributed by atoms with E-state index in [4.69, 9.17) is 48.6 Å². The lowest BCUT2D eigenvalue weighted by Gasteiger charge is -2.21. The van der Waals surface area contributed by atoms with Crippen LogP contribution in [-0.4, -0.2) is 102 Å². The van der Waals surface area contributed by atoms with Crippen molar-refractivity contribution in [3.8, 4) is 23.5 Å². The summed E-state index contributed by atoms with van der Waals surface area (Å²) >= 11 is 0. The molecule has 2 aromatic carbocycles. The molecule has 58 heavy (non-hydrogen) atoms. The maximum Gasteiger partial charge on any atom is 0.413 e. The van der Waals surface area contributed by atoms with Crippen LogP contribution in [-0.2, 0) is 34.0 Å². The fourth-order valence-corrected chi connectivity index (χ4v) is 5.75. The lowest BCUT2D eigenvalue weighted by Crippen LogP contribution is -2.32. The SMILES string of the molecule is C=C(C)COC(=O)NC(=N)c1ccc(NC2C[C@@]2(c2nc(OCOC(=O)C(C)(C)COC)n(-c3ncccn3)n2)c2cc(OC)cc(OCCOC(C)=O)c2F)cc1. The number of nitrogens with zero attached hydrogens (tertiary/aromatic N) is 5. The van der Waals surface area contributed by atoms with Gasteiger partial charge in [-0.25, -0.2) is 19.2 Å². The highest BCUT2D eigenvalue weighted by atomic mass is 19.1. The van der Waals surface area contributed by atoms with E-state index in [9.17, 15) is 14.4 Å². The first-order valence-electron chi connectivity index (χ1n) is 17.9. The number of carbonyl (C=O) groups excluding carboxylic acids is 3. The number of carbonyl (C=O) groups is 3. The van der Waals surface area contributed by atoms with Crippen LogP contribution < -0.4 is 24.8 Å². The summed E-state index contributed by atoms with van der Waals surface area (Å²) in [6.45, 7) is 9.27. The van der Waals surface area contributed by atoms with Crippen molar-refractivity contribution >= 4 is 29.6 Å². The fourth-order valence-electron chi connectivity index (χ4n) is 5.75. The third-order valence-corrected chi connectivity index (χ3v) is 8.68. The second-order valence-electron chi connectivity index (χ2n) is 13.8. The molecule has 2 atom stereocenters. The van der Waals surface area contributed by atoms with Crippen LogP contribution in [0.5, 0.6) is 17.5 Å². The van der Waals surface area contributed by atoms with Gasteiger partial charge in [-0.3, -0.25) is 20.3 Å². The minimum absolute atomic E-state index is 0.0145. The summed E-state index contributed by atoms with van der Waals surface area (Å²) in [5, 5.41) is 18.8. The Morgan fingerprint density at radius 3 is 2.41 bits per heavy atom. The van der Waals surface area contributed by atoms with Crippen molar-refractivity contribution in [2.24, 2.45) is 5.41 Å². The highest BCUT2D eigenvalue weighted by Crippen LogP contribution is 2.56. The van der Waals surface area contributed by atoms with Crippen LogP contribution in [0.2, 0.25) is 0 Å². The Balaban J connectivity index is 1.51. The molecule has 2 heterocycles. The Bertz CT molecular complexity index is 2130. The molecule has 1 saturated carbocycles. The maximum atomic E-state index is 16.8. The second-order valence-corrected chi connectivity index (χ2v) is 13.8. The quantitative estimate of drug-likeness (QED) is 0.0226. The molecule has 18 nitrogen and oxygen atoms in total. The van der Waals surface area contributed by atoms with Crippen molar-refractivity contribution in [3.05, 3.63) is 89.8 Å². The Hall–Kier alpha value is -6.63. The number of aromatic nitrogens is 5. The van der Waals surface area contributed by atoms with E-state index < -0.39 is 47.5 Å². The normalized spacial score (nSPS) is 15.7. The molecule has 0 spiro atoms. The molecule has 3 N–H and O–H groups in total. The van der Waals surface area contributed by atoms with E-state index in [1.807, 2.05) is 0 Å². The topological polar surface area (TPSA) is 220 Å². The number of halogens is 1. The molecule has 5 rings (SSSR count). The van der Waals surface area contributed by atoms with Crippen molar-refractivity contribution in [1.82, 2.24) is 30.0 Å². The molecular formula is C39H45FN8O10. The lowest BCUT2D eigenvalue weighted by molar-refractivity contribution is -0.163. The molecule has 0 radical (unpaired) electrons. The van der Waals surface area contributed by atoms with E-state index in [2.05, 4.69) is 27.2 Å². The summed E-state index contributed by atoms with van der Waals surface area (Å²) in [6, 6.07) is 10.4. The molecule has 2 aromatic heterocycles. The van der Waals surface area contributed by atoms with Gasteiger partial charge in [-0.15, -0.1) is 9.78 Å². The van der Waals surface area contributed by atoms with Gasteiger partial charge in [0.25, 0.3) is 5.95 Å². The Kier molecular flexibility index (Phi) is 13.6. The van der Waals surface area contributed by atoms with Gasteiger partial charge in [0.15, 0.2) is 17.4 Å². The molecule has 0 bridgehead atoms. The van der Waals surface area contributed by atoms with Crippen LogP contribution in [0.3, 0.4) is 0 Å². The lowest BCUT2D eigenvalue weighted by atomic mass is 9.92. The zero-order valence-corrected chi connectivity index (χ0v) is 32.9. The number of alkyl carbamates (subject to hydrolysis) is 1. The summed E-state index contributed by atoms with van der Waals surface area (Å²) in [5.74, 6) is -1.78. The van der Waals surface area contributed by atoms with E-state index in [-0.39, 0.29) is 73.5 Å². The minimum Gasteiger partial charge on any atom is -0.497 e. The molecule has 1 amide bonds. The van der Waals surface area contributed by atoms with Gasteiger partial charge < -0.3 is 38.5 Å². The summed E-state index contributed by atoms with van der Waals surface area (Å²) in [5.41, 5.74) is -0.542. The van der Waals surface area contributed by atoms with E-state index in [0.717, 1.165) is 0 Å². The Labute approximate surface area is 333 Å². The summed E-state index contributed by atoms with van der Waals surface area (Å²) < 4.78 is 55.6. The molecule has 1 unspecified atom stereocenters. The van der Waals surface area contributed by atoms with Crippen molar-refractivity contribution in [2.75, 3.05) is 52.8 Å². The molecule has 1 aliphatic carbocycles. The number of rotatable bonds is 19. The van der Waals surface area contributed by atoms with Crippen LogP contribution in [0.4, 0.5) is 14.9 Å². The fraction of sp³-hybridized carbons (Fsp3) is 0.385. The first-order valence-corrected chi connectivity index (χ1v) is 17.9. The number of esters is 2. The van der Waals surface area contributed by atoms with E-state index in [1.165, 1.54) is 50.4 Å². The number of ether oxygens (including phenoxy) is 7. The van der Waals surface area contributed by atoms with Gasteiger partial charge in [-0.2, -0.15) is 4.98 Å². The zero-order valence-electron chi connectivity index (χ0n) is 32.9. The Morgan fingerprint density at radius 1 is 1.03 bits per heavy atom. The van der Waals surface area contributed by atoms with E-state index >= 15 is 4.39 Å². The highest BCUT2D eigenvalue weighted by molar-refractivity contribution is 6.04. The number of benzene rings is 2. The van der Waals surface area contributed by atoms with Crippen molar-refractivity contribution in [3.63, 3.8) is 0 Å². The number of amides is 1. The molecule has 308 valence electrons. The highest BCUT2D eigenvalue weighted by Gasteiger charge is 2.62. The number of nitrogens with one attached hydrogen (secondary N) is 3. The van der Waals surface area contributed by atoms with Gasteiger partial charge in [0.05, 0.1) is 24.5 Å². The predicted molar refractivity (Wildman–Crippen MR) is 205 cm³/mol. The number of hydrogen-bond donors (Lipinski definition) is 3. The van der Waals surface area contributed by atoms with Gasteiger partial charge in [0, 0.05) is 55.3 Å². The molecule has 19 heteroatoms. The smallest absolute Gasteiger partial charge is 0.413 e. The third kappa shape index (κ3) is 10.2. The van der Waals surface area contributed by atoms with Gasteiger partial charge in [0.2, 0.25) is 6.79 Å². The Morgan fingerprint density at radius 2 is 1.76 bits per heavy atom. The largest absolute Gasteiger partial charge is 0.497 e. The number of hydrogen-bond acceptors (Lipinski definition) is 16. The number of anilines is 1. The molecule has 1 aliphatic rings. The van der Waals surface area contributed by atoms with Gasteiger partial charge in [0.1, 0.15) is 31.4 Å². The third-order valence-electron chi connectivity index (χ3n) is 8.68. The van der Waals surface area contributed by atoms with Crippen LogP contribution in [0.1, 0.15) is 51.1 Å². The van der Waals surface area contributed by atoms with Crippen molar-refractivity contribution < 1.29 is 51.9 Å². The average molecular weight is 805 g/mol. The minimum atomic E-state index is -1.30. The molecule has 4 aromatic rings. The molecule has 1 fully saturated rings. The van der Waals surface area contributed by atoms with E-state index in [0.29, 0.717) is 16.8 Å².